The van der Waals surface area contributed by atoms with Crippen LogP contribution < -0.4 is 15.8 Å². The second-order valence-electron chi connectivity index (χ2n) is 4.32. The van der Waals surface area contributed by atoms with Crippen molar-refractivity contribution >= 4 is 29.2 Å². The number of fused-ring (bicyclic) bond motifs is 1. The predicted molar refractivity (Wildman–Crippen MR) is 88.8 cm³/mol. The molecule has 6 heteroatoms. The van der Waals surface area contributed by atoms with Crippen LogP contribution in [-0.2, 0) is 0 Å². The van der Waals surface area contributed by atoms with E-state index in [9.17, 15) is 0 Å². The molecule has 5 nitrogen and oxygen atoms in total. The van der Waals surface area contributed by atoms with Gasteiger partial charge in [0.25, 0.3) is 0 Å². The van der Waals surface area contributed by atoms with Crippen LogP contribution in [0.5, 0.6) is 0 Å². The van der Waals surface area contributed by atoms with E-state index in [1.165, 1.54) is 0 Å². The molecule has 2 heterocycles. The minimum Gasteiger partial charge on any atom is -0.383 e. The molecule has 1 aromatic rings. The molecule has 2 rings (SSSR count). The lowest BCUT2D eigenvalue weighted by molar-refractivity contribution is 1.09. The molecule has 0 atom stereocenters. The minimum atomic E-state index is 0.496. The Bertz CT molecular complexity index is 582. The van der Waals surface area contributed by atoms with Crippen molar-refractivity contribution in [3.63, 3.8) is 0 Å². The zero-order valence-electron chi connectivity index (χ0n) is 11.5. The molecule has 1 aliphatic rings. The van der Waals surface area contributed by atoms with Gasteiger partial charge in [0.2, 0.25) is 0 Å². The second kappa shape index (κ2) is 6.49. The Morgan fingerprint density at radius 1 is 1.65 bits per heavy atom. The van der Waals surface area contributed by atoms with E-state index in [1.54, 1.807) is 18.0 Å². The van der Waals surface area contributed by atoms with Crippen LogP contribution in [0, 0.1) is 0 Å². The number of hydrogen-bond acceptors (Lipinski definition) is 5. The van der Waals surface area contributed by atoms with Crippen molar-refractivity contribution in [2.75, 3.05) is 24.8 Å². The van der Waals surface area contributed by atoms with E-state index >= 15 is 0 Å². The van der Waals surface area contributed by atoms with Crippen molar-refractivity contribution in [3.05, 3.63) is 48.2 Å². The van der Waals surface area contributed by atoms with Crippen LogP contribution in [0.15, 0.2) is 42.1 Å². The first-order valence-corrected chi connectivity index (χ1v) is 7.43. The predicted octanol–water partition coefficient (Wildman–Crippen LogP) is 2.10. The summed E-state index contributed by atoms with van der Waals surface area (Å²) in [6.07, 6.45) is 7.70. The summed E-state index contributed by atoms with van der Waals surface area (Å²) in [6, 6.07) is 0. The van der Waals surface area contributed by atoms with Gasteiger partial charge in [-0.1, -0.05) is 37.3 Å². The van der Waals surface area contributed by atoms with Gasteiger partial charge in [0.1, 0.15) is 18.3 Å². The number of aliphatic imine (C=N–C) groups is 1. The number of nitrogens with two attached hydrogens (primary N) is 1. The maximum absolute atomic E-state index is 5.99. The molecule has 0 aromatic carbocycles. The molecule has 0 bridgehead atoms. The molecule has 5 N–H and O–H groups in total. The highest BCUT2D eigenvalue weighted by Crippen LogP contribution is 2.28. The Labute approximate surface area is 123 Å². The number of allylic oxidation sites excluding steroid dienone is 2. The normalized spacial score (nSPS) is 14.2. The van der Waals surface area contributed by atoms with Crippen LogP contribution in [0.25, 0.3) is 5.57 Å². The van der Waals surface area contributed by atoms with E-state index < -0.39 is 0 Å². The third-order valence-corrected chi connectivity index (χ3v) is 3.41. The third kappa shape index (κ3) is 2.97. The van der Waals surface area contributed by atoms with Crippen molar-refractivity contribution in [3.8, 4) is 0 Å². The summed E-state index contributed by atoms with van der Waals surface area (Å²) in [5, 5.41) is 3.16. The van der Waals surface area contributed by atoms with Crippen molar-refractivity contribution < 1.29 is 0 Å². The van der Waals surface area contributed by atoms with Gasteiger partial charge in [-0.3, -0.25) is 4.72 Å². The molecule has 0 aliphatic carbocycles. The molecule has 1 aliphatic heterocycles. The molecule has 106 valence electrons. The SMILES string of the molecule is C=C/C(=C\C(=C)CNSC)c1c[nH]c2c1C(N)=NCN2. The lowest BCUT2D eigenvalue weighted by Gasteiger charge is -2.13. The molecular weight excluding hydrogens is 270 g/mol. The molecule has 0 saturated heterocycles. The molecule has 20 heavy (non-hydrogen) atoms. The highest BCUT2D eigenvalue weighted by atomic mass is 32.2. The maximum Gasteiger partial charge on any atom is 0.132 e. The number of amidine groups is 1. The van der Waals surface area contributed by atoms with Gasteiger partial charge in [0.05, 0.1) is 5.56 Å². The van der Waals surface area contributed by atoms with Crippen LogP contribution in [0.4, 0.5) is 5.82 Å². The number of aromatic amines is 1. The number of nitrogens with zero attached hydrogens (tertiary/aromatic N) is 1. The molecule has 0 radical (unpaired) electrons. The lowest BCUT2D eigenvalue weighted by Crippen LogP contribution is -2.22. The second-order valence-corrected chi connectivity index (χ2v) is 5.01. The fourth-order valence-electron chi connectivity index (χ4n) is 2.02. The number of rotatable bonds is 6. The van der Waals surface area contributed by atoms with Gasteiger partial charge in [-0.15, -0.1) is 0 Å². The van der Waals surface area contributed by atoms with Gasteiger partial charge >= 0.3 is 0 Å². The van der Waals surface area contributed by atoms with E-state index in [4.69, 9.17) is 5.73 Å². The average molecular weight is 289 g/mol. The maximum atomic E-state index is 5.99. The van der Waals surface area contributed by atoms with E-state index in [2.05, 4.69) is 33.2 Å². The van der Waals surface area contributed by atoms with Gasteiger partial charge in [-0.2, -0.15) is 0 Å². The van der Waals surface area contributed by atoms with E-state index in [0.29, 0.717) is 19.0 Å². The van der Waals surface area contributed by atoms with E-state index in [0.717, 1.165) is 28.1 Å². The van der Waals surface area contributed by atoms with Crippen LogP contribution >= 0.6 is 11.9 Å². The summed E-state index contributed by atoms with van der Waals surface area (Å²) in [6.45, 7) is 9.12. The van der Waals surface area contributed by atoms with Gasteiger partial charge in [0, 0.05) is 18.3 Å². The van der Waals surface area contributed by atoms with Gasteiger partial charge in [0.15, 0.2) is 0 Å². The van der Waals surface area contributed by atoms with Gasteiger partial charge < -0.3 is 16.0 Å². The number of hydrogen-bond donors (Lipinski definition) is 4. The Kier molecular flexibility index (Phi) is 4.70. The van der Waals surface area contributed by atoms with Crippen LogP contribution in [0.1, 0.15) is 11.1 Å². The first kappa shape index (κ1) is 14.5. The first-order valence-electron chi connectivity index (χ1n) is 6.21. The summed E-state index contributed by atoms with van der Waals surface area (Å²) >= 11 is 1.56. The zero-order chi connectivity index (χ0) is 14.5. The summed E-state index contributed by atoms with van der Waals surface area (Å²) in [5.74, 6) is 1.43. The number of aromatic nitrogens is 1. The summed E-state index contributed by atoms with van der Waals surface area (Å²) < 4.78 is 3.16. The van der Waals surface area contributed by atoms with Crippen LogP contribution in [0.3, 0.4) is 0 Å². The highest BCUT2D eigenvalue weighted by molar-refractivity contribution is 7.96. The van der Waals surface area contributed by atoms with Crippen molar-refractivity contribution in [2.24, 2.45) is 10.7 Å². The van der Waals surface area contributed by atoms with Gasteiger partial charge in [-0.05, 0) is 17.4 Å². The Morgan fingerprint density at radius 2 is 2.45 bits per heavy atom. The smallest absolute Gasteiger partial charge is 0.132 e. The fraction of sp³-hybridized carbons (Fsp3) is 0.214. The largest absolute Gasteiger partial charge is 0.383 e. The summed E-state index contributed by atoms with van der Waals surface area (Å²) in [7, 11) is 0. The average Bonchev–Trinajstić information content (AvgIpc) is 2.88. The number of nitrogens with one attached hydrogen (secondary N) is 3. The molecule has 1 aromatic heterocycles. The molecule has 0 amide bonds. The number of H-pyrrole nitrogens is 1. The number of anilines is 1. The van der Waals surface area contributed by atoms with E-state index in [1.807, 2.05) is 18.5 Å². The molecule has 0 spiro atoms. The van der Waals surface area contributed by atoms with Crippen LogP contribution in [0.2, 0.25) is 0 Å². The zero-order valence-corrected chi connectivity index (χ0v) is 12.3. The summed E-state index contributed by atoms with van der Waals surface area (Å²) in [5.41, 5.74) is 9.81. The van der Waals surface area contributed by atoms with Gasteiger partial charge in [-0.25, -0.2) is 4.99 Å². The first-order chi connectivity index (χ1) is 9.67. The van der Waals surface area contributed by atoms with Crippen molar-refractivity contribution in [1.82, 2.24) is 9.71 Å². The molecule has 0 saturated carbocycles. The monoisotopic (exact) mass is 289 g/mol. The summed E-state index contributed by atoms with van der Waals surface area (Å²) in [4.78, 5) is 7.39. The topological polar surface area (TPSA) is 78.2 Å². The fourth-order valence-corrected chi connectivity index (χ4v) is 2.35. The highest BCUT2D eigenvalue weighted by Gasteiger charge is 2.19. The van der Waals surface area contributed by atoms with Crippen LogP contribution in [-0.4, -0.2) is 30.3 Å². The molecule has 0 fully saturated rings. The lowest BCUT2D eigenvalue weighted by atomic mass is 10.0. The quantitative estimate of drug-likeness (QED) is 0.478. The van der Waals surface area contributed by atoms with E-state index in [-0.39, 0.29) is 0 Å². The minimum absolute atomic E-state index is 0.496. The molecule has 0 unspecified atom stereocenters. The Balaban J connectivity index is 2.32. The Morgan fingerprint density at radius 3 is 3.15 bits per heavy atom. The van der Waals surface area contributed by atoms with Crippen molar-refractivity contribution in [1.29, 1.82) is 0 Å². The molecular formula is C14H19N5S. The van der Waals surface area contributed by atoms with Crippen molar-refractivity contribution in [2.45, 2.75) is 0 Å². The third-order valence-electron chi connectivity index (χ3n) is 2.98. The Hall–Kier alpha value is -1.92. The standard InChI is InChI=1S/C14H19N5S/c1-4-10(5-9(2)6-19-20-3)11-7-16-14-12(11)13(15)17-8-18-14/h4-5,7,16,18-19H,1-2,6,8H2,3H3,(H2,15,17)/b10-5+.